The number of rotatable bonds is 4. The van der Waals surface area contributed by atoms with Gasteiger partial charge in [-0.25, -0.2) is 9.37 Å². The first-order chi connectivity index (χ1) is 8.58. The summed E-state index contributed by atoms with van der Waals surface area (Å²) in [5.41, 5.74) is 1.53. The van der Waals surface area contributed by atoms with Gasteiger partial charge in [0.2, 0.25) is 0 Å². The first-order valence-electron chi connectivity index (χ1n) is 5.77. The Bertz CT molecular complexity index is 537. The molecular formula is C13H15BrFN3. The Morgan fingerprint density at radius 3 is 2.89 bits per heavy atom. The van der Waals surface area contributed by atoms with Gasteiger partial charge >= 0.3 is 0 Å². The lowest BCUT2D eigenvalue weighted by Crippen LogP contribution is -2.09. The number of anilines is 1. The van der Waals surface area contributed by atoms with Crippen LogP contribution in [0.5, 0.6) is 0 Å². The standard InChI is InChI=1S/C13H15BrFN3/c1-9(2)18-8-16-6-11(18)7-17-13-4-3-10(14)5-12(13)15/h3-6,8-9,17H,7H2,1-2H3. The van der Waals surface area contributed by atoms with E-state index in [1.54, 1.807) is 18.6 Å². The highest BCUT2D eigenvalue weighted by Crippen LogP contribution is 2.20. The molecule has 1 aromatic heterocycles. The molecule has 0 atom stereocenters. The number of benzene rings is 1. The van der Waals surface area contributed by atoms with Crippen molar-refractivity contribution in [1.82, 2.24) is 9.55 Å². The summed E-state index contributed by atoms with van der Waals surface area (Å²) in [5, 5.41) is 3.08. The predicted octanol–water partition coefficient (Wildman–Crippen LogP) is 3.98. The summed E-state index contributed by atoms with van der Waals surface area (Å²) in [6.07, 6.45) is 3.59. The molecule has 0 saturated carbocycles. The van der Waals surface area contributed by atoms with Gasteiger partial charge in [0.1, 0.15) is 5.82 Å². The zero-order valence-electron chi connectivity index (χ0n) is 10.3. The molecule has 0 saturated heterocycles. The van der Waals surface area contributed by atoms with Crippen LogP contribution in [0.3, 0.4) is 0 Å². The predicted molar refractivity (Wildman–Crippen MR) is 74.0 cm³/mol. The van der Waals surface area contributed by atoms with Crippen LogP contribution >= 0.6 is 15.9 Å². The third kappa shape index (κ3) is 2.90. The second-order valence-electron chi connectivity index (χ2n) is 4.36. The van der Waals surface area contributed by atoms with Crippen LogP contribution in [0.25, 0.3) is 0 Å². The van der Waals surface area contributed by atoms with E-state index < -0.39 is 0 Å². The van der Waals surface area contributed by atoms with Crippen LogP contribution in [-0.2, 0) is 6.54 Å². The Hall–Kier alpha value is -1.36. The Kier molecular flexibility index (Phi) is 4.01. The minimum Gasteiger partial charge on any atom is -0.377 e. The molecule has 1 heterocycles. The Labute approximate surface area is 114 Å². The van der Waals surface area contributed by atoms with Crippen molar-refractivity contribution in [3.8, 4) is 0 Å². The van der Waals surface area contributed by atoms with E-state index in [9.17, 15) is 4.39 Å². The highest BCUT2D eigenvalue weighted by Gasteiger charge is 2.07. The third-order valence-electron chi connectivity index (χ3n) is 2.69. The van der Waals surface area contributed by atoms with Crippen LogP contribution in [0.4, 0.5) is 10.1 Å². The number of aromatic nitrogens is 2. The lowest BCUT2D eigenvalue weighted by atomic mass is 10.3. The van der Waals surface area contributed by atoms with Crippen LogP contribution in [0.15, 0.2) is 35.2 Å². The maximum atomic E-state index is 13.6. The van der Waals surface area contributed by atoms with E-state index >= 15 is 0 Å². The molecule has 1 N–H and O–H groups in total. The summed E-state index contributed by atoms with van der Waals surface area (Å²) < 4.78 is 16.4. The summed E-state index contributed by atoms with van der Waals surface area (Å²) in [5.74, 6) is -0.264. The molecular weight excluding hydrogens is 297 g/mol. The molecule has 96 valence electrons. The molecule has 3 nitrogen and oxygen atoms in total. The van der Waals surface area contributed by atoms with Crippen molar-refractivity contribution >= 4 is 21.6 Å². The lowest BCUT2D eigenvalue weighted by molar-refractivity contribution is 0.576. The summed E-state index contributed by atoms with van der Waals surface area (Å²) >= 11 is 3.23. The number of nitrogens with zero attached hydrogens (tertiary/aromatic N) is 2. The first kappa shape index (κ1) is 13.1. The highest BCUT2D eigenvalue weighted by molar-refractivity contribution is 9.10. The van der Waals surface area contributed by atoms with E-state index in [0.29, 0.717) is 18.3 Å². The number of hydrogen-bond acceptors (Lipinski definition) is 2. The van der Waals surface area contributed by atoms with Gasteiger partial charge in [0.25, 0.3) is 0 Å². The largest absolute Gasteiger partial charge is 0.377 e. The van der Waals surface area contributed by atoms with Gasteiger partial charge in [-0.2, -0.15) is 0 Å². The Balaban J connectivity index is 2.09. The Morgan fingerprint density at radius 1 is 1.44 bits per heavy atom. The molecule has 2 rings (SSSR count). The van der Waals surface area contributed by atoms with E-state index in [2.05, 4.69) is 44.6 Å². The van der Waals surface area contributed by atoms with Gasteiger partial charge in [-0.1, -0.05) is 15.9 Å². The van der Waals surface area contributed by atoms with Crippen molar-refractivity contribution in [1.29, 1.82) is 0 Å². The van der Waals surface area contributed by atoms with Gasteiger partial charge in [-0.05, 0) is 32.0 Å². The van der Waals surface area contributed by atoms with Gasteiger partial charge in [0.05, 0.1) is 24.3 Å². The molecule has 0 radical (unpaired) electrons. The fraction of sp³-hybridized carbons (Fsp3) is 0.308. The van der Waals surface area contributed by atoms with E-state index in [0.717, 1.165) is 10.2 Å². The zero-order valence-corrected chi connectivity index (χ0v) is 11.9. The maximum absolute atomic E-state index is 13.6. The second kappa shape index (κ2) is 5.52. The quantitative estimate of drug-likeness (QED) is 0.925. The van der Waals surface area contributed by atoms with Crippen LogP contribution in [0, 0.1) is 5.82 Å². The maximum Gasteiger partial charge on any atom is 0.147 e. The molecule has 5 heteroatoms. The SMILES string of the molecule is CC(C)n1cncc1CNc1ccc(Br)cc1F. The van der Waals surface area contributed by atoms with Crippen molar-refractivity contribution in [2.24, 2.45) is 0 Å². The van der Waals surface area contributed by atoms with E-state index in [1.165, 1.54) is 6.07 Å². The number of hydrogen-bond donors (Lipinski definition) is 1. The average molecular weight is 312 g/mol. The van der Waals surface area contributed by atoms with Crippen LogP contribution < -0.4 is 5.32 Å². The van der Waals surface area contributed by atoms with Crippen molar-refractivity contribution < 1.29 is 4.39 Å². The van der Waals surface area contributed by atoms with Crippen molar-refractivity contribution in [2.75, 3.05) is 5.32 Å². The molecule has 18 heavy (non-hydrogen) atoms. The van der Waals surface area contributed by atoms with Crippen LogP contribution in [-0.4, -0.2) is 9.55 Å². The first-order valence-corrected chi connectivity index (χ1v) is 6.57. The van der Waals surface area contributed by atoms with Gasteiger partial charge < -0.3 is 9.88 Å². The van der Waals surface area contributed by atoms with Gasteiger partial charge in [0.15, 0.2) is 0 Å². The molecule has 0 aliphatic heterocycles. The molecule has 0 spiro atoms. The fourth-order valence-corrected chi connectivity index (χ4v) is 2.09. The summed E-state index contributed by atoms with van der Waals surface area (Å²) in [7, 11) is 0. The zero-order chi connectivity index (χ0) is 13.1. The fourth-order valence-electron chi connectivity index (χ4n) is 1.75. The minimum atomic E-state index is -0.264. The Morgan fingerprint density at radius 2 is 2.22 bits per heavy atom. The lowest BCUT2D eigenvalue weighted by Gasteiger charge is -2.13. The van der Waals surface area contributed by atoms with E-state index in [4.69, 9.17) is 0 Å². The second-order valence-corrected chi connectivity index (χ2v) is 5.28. The summed E-state index contributed by atoms with van der Waals surface area (Å²) in [6, 6.07) is 5.32. The monoisotopic (exact) mass is 311 g/mol. The molecule has 1 aromatic carbocycles. The molecule has 0 aliphatic carbocycles. The molecule has 0 unspecified atom stereocenters. The van der Waals surface area contributed by atoms with Crippen molar-refractivity contribution in [3.05, 3.63) is 46.7 Å². The van der Waals surface area contributed by atoms with Gasteiger partial charge in [0, 0.05) is 16.7 Å². The molecule has 0 bridgehead atoms. The van der Waals surface area contributed by atoms with Gasteiger partial charge in [-0.3, -0.25) is 0 Å². The topological polar surface area (TPSA) is 29.9 Å². The molecule has 2 aromatic rings. The smallest absolute Gasteiger partial charge is 0.147 e. The highest BCUT2D eigenvalue weighted by atomic mass is 79.9. The number of imidazole rings is 1. The van der Waals surface area contributed by atoms with Crippen molar-refractivity contribution in [3.63, 3.8) is 0 Å². The molecule has 0 aliphatic rings. The van der Waals surface area contributed by atoms with E-state index in [1.807, 2.05) is 6.07 Å². The van der Waals surface area contributed by atoms with Crippen LogP contribution in [0.2, 0.25) is 0 Å². The van der Waals surface area contributed by atoms with Crippen molar-refractivity contribution in [2.45, 2.75) is 26.4 Å². The summed E-state index contributed by atoms with van der Waals surface area (Å²) in [4.78, 5) is 4.11. The van der Waals surface area contributed by atoms with Gasteiger partial charge in [-0.15, -0.1) is 0 Å². The third-order valence-corrected chi connectivity index (χ3v) is 3.19. The normalized spacial score (nSPS) is 10.9. The van der Waals surface area contributed by atoms with Crippen LogP contribution in [0.1, 0.15) is 25.6 Å². The molecule has 0 amide bonds. The minimum absolute atomic E-state index is 0.264. The summed E-state index contributed by atoms with van der Waals surface area (Å²) in [6.45, 7) is 4.73. The molecule has 0 fully saturated rings. The number of nitrogens with one attached hydrogen (secondary N) is 1. The number of halogens is 2. The average Bonchev–Trinajstić information content (AvgIpc) is 2.76. The van der Waals surface area contributed by atoms with E-state index in [-0.39, 0.29) is 5.82 Å².